The molecule has 20 heavy (non-hydrogen) atoms. The van der Waals surface area contributed by atoms with E-state index in [2.05, 4.69) is 62.3 Å². The van der Waals surface area contributed by atoms with Gasteiger partial charge in [-0.2, -0.15) is 0 Å². The van der Waals surface area contributed by atoms with E-state index in [-0.39, 0.29) is 5.54 Å². The van der Waals surface area contributed by atoms with E-state index in [1.54, 1.807) is 0 Å². The summed E-state index contributed by atoms with van der Waals surface area (Å²) in [5, 5.41) is 5.87. The number of likely N-dealkylation sites (tertiary alicyclic amines) is 1. The maximum Gasteiger partial charge on any atom is 0.0464 e. The molecule has 0 aromatic carbocycles. The Morgan fingerprint density at radius 3 is 2.70 bits per heavy atom. The van der Waals surface area contributed by atoms with Crippen LogP contribution in [0.3, 0.4) is 0 Å². The number of rotatable bonds is 5. The molecule has 1 aromatic heterocycles. The van der Waals surface area contributed by atoms with Gasteiger partial charge in [-0.15, -0.1) is 11.3 Å². The highest BCUT2D eigenvalue weighted by atomic mass is 32.1. The molecule has 0 spiro atoms. The third kappa shape index (κ3) is 4.31. The van der Waals surface area contributed by atoms with Crippen LogP contribution in [-0.2, 0) is 0 Å². The molecule has 114 valence electrons. The lowest BCUT2D eigenvalue weighted by molar-refractivity contribution is 0.188. The van der Waals surface area contributed by atoms with E-state index in [4.69, 9.17) is 0 Å². The molecular weight excluding hydrogens is 264 g/mol. The largest absolute Gasteiger partial charge is 0.312 e. The molecule has 0 aliphatic carbocycles. The van der Waals surface area contributed by atoms with Crippen molar-refractivity contribution in [1.82, 2.24) is 10.2 Å². The van der Waals surface area contributed by atoms with Crippen LogP contribution in [0.15, 0.2) is 17.5 Å². The Bertz CT molecular complexity index is 392. The molecule has 2 heterocycles. The molecule has 0 saturated carbocycles. The fourth-order valence-electron chi connectivity index (χ4n) is 3.12. The summed E-state index contributed by atoms with van der Waals surface area (Å²) in [6, 6.07) is 5.09. The molecule has 0 bridgehead atoms. The van der Waals surface area contributed by atoms with Crippen LogP contribution in [0, 0.1) is 11.8 Å². The van der Waals surface area contributed by atoms with Crippen LogP contribution in [0.4, 0.5) is 0 Å². The van der Waals surface area contributed by atoms with Crippen LogP contribution in [0.2, 0.25) is 0 Å². The van der Waals surface area contributed by atoms with E-state index in [1.807, 2.05) is 11.3 Å². The first kappa shape index (κ1) is 16.0. The van der Waals surface area contributed by atoms with Crippen molar-refractivity contribution in [2.24, 2.45) is 11.8 Å². The minimum Gasteiger partial charge on any atom is -0.312 e. The van der Waals surface area contributed by atoms with Gasteiger partial charge in [0.1, 0.15) is 0 Å². The summed E-state index contributed by atoms with van der Waals surface area (Å²) >= 11 is 1.91. The minimum absolute atomic E-state index is 0.235. The second-order valence-corrected chi connectivity index (χ2v) is 8.46. The summed E-state index contributed by atoms with van der Waals surface area (Å²) in [5.74, 6) is 1.48. The third-order valence-corrected chi connectivity index (χ3v) is 5.04. The highest BCUT2D eigenvalue weighted by Gasteiger charge is 2.31. The zero-order valence-electron chi connectivity index (χ0n) is 13.6. The standard InChI is InChI=1S/C17H30N2S/c1-13(2)16(15-7-6-10-20-15)19-9-8-14(12-19)11-18-17(3,4)5/h6-7,10,13-14,16,18H,8-9,11-12H2,1-5H3. The molecule has 2 nitrogen and oxygen atoms in total. The highest BCUT2D eigenvalue weighted by molar-refractivity contribution is 7.10. The lowest BCUT2D eigenvalue weighted by atomic mass is 10.0. The van der Waals surface area contributed by atoms with Crippen LogP contribution in [0.5, 0.6) is 0 Å². The Morgan fingerprint density at radius 2 is 2.15 bits per heavy atom. The first-order valence-corrected chi connectivity index (χ1v) is 8.77. The smallest absolute Gasteiger partial charge is 0.0464 e. The number of nitrogens with zero attached hydrogens (tertiary/aromatic N) is 1. The molecule has 1 N–H and O–H groups in total. The molecule has 2 unspecified atom stereocenters. The summed E-state index contributed by atoms with van der Waals surface area (Å²) in [5.41, 5.74) is 0.235. The van der Waals surface area contributed by atoms with Gasteiger partial charge in [-0.05, 0) is 63.6 Å². The van der Waals surface area contributed by atoms with E-state index >= 15 is 0 Å². The molecule has 0 amide bonds. The van der Waals surface area contributed by atoms with Gasteiger partial charge in [0.15, 0.2) is 0 Å². The Morgan fingerprint density at radius 1 is 1.40 bits per heavy atom. The maximum absolute atomic E-state index is 3.66. The van der Waals surface area contributed by atoms with E-state index in [0.717, 1.165) is 12.5 Å². The average Bonchev–Trinajstić information content (AvgIpc) is 2.97. The van der Waals surface area contributed by atoms with Gasteiger partial charge in [0.05, 0.1) is 0 Å². The predicted octanol–water partition coefficient (Wildman–Crippen LogP) is 4.16. The van der Waals surface area contributed by atoms with E-state index in [9.17, 15) is 0 Å². The molecule has 1 fully saturated rings. The van der Waals surface area contributed by atoms with E-state index in [0.29, 0.717) is 12.0 Å². The van der Waals surface area contributed by atoms with E-state index in [1.165, 1.54) is 24.4 Å². The van der Waals surface area contributed by atoms with Gasteiger partial charge in [0.25, 0.3) is 0 Å². The molecule has 1 aliphatic rings. The van der Waals surface area contributed by atoms with Crippen molar-refractivity contribution < 1.29 is 0 Å². The second kappa shape index (κ2) is 6.59. The average molecular weight is 295 g/mol. The molecule has 3 heteroatoms. The van der Waals surface area contributed by atoms with Gasteiger partial charge in [0.2, 0.25) is 0 Å². The predicted molar refractivity (Wildman–Crippen MR) is 89.3 cm³/mol. The number of nitrogens with one attached hydrogen (secondary N) is 1. The van der Waals surface area contributed by atoms with Crippen molar-refractivity contribution in [1.29, 1.82) is 0 Å². The van der Waals surface area contributed by atoms with Crippen LogP contribution in [-0.4, -0.2) is 30.1 Å². The van der Waals surface area contributed by atoms with Gasteiger partial charge < -0.3 is 5.32 Å². The van der Waals surface area contributed by atoms with Crippen molar-refractivity contribution in [3.8, 4) is 0 Å². The van der Waals surface area contributed by atoms with Gasteiger partial charge >= 0.3 is 0 Å². The summed E-state index contributed by atoms with van der Waals surface area (Å²) in [6.07, 6.45) is 1.33. The van der Waals surface area contributed by atoms with Gasteiger partial charge in [0, 0.05) is 23.0 Å². The first-order chi connectivity index (χ1) is 9.37. The molecule has 0 radical (unpaired) electrons. The van der Waals surface area contributed by atoms with Crippen molar-refractivity contribution >= 4 is 11.3 Å². The summed E-state index contributed by atoms with van der Waals surface area (Å²) in [4.78, 5) is 4.23. The first-order valence-electron chi connectivity index (χ1n) is 7.89. The van der Waals surface area contributed by atoms with Gasteiger partial charge in [-0.3, -0.25) is 4.90 Å². The lowest BCUT2D eigenvalue weighted by Crippen LogP contribution is -2.40. The molecule has 1 aromatic rings. The van der Waals surface area contributed by atoms with Crippen molar-refractivity contribution in [2.75, 3.05) is 19.6 Å². The zero-order valence-corrected chi connectivity index (χ0v) is 14.5. The highest BCUT2D eigenvalue weighted by Crippen LogP contribution is 2.35. The van der Waals surface area contributed by atoms with Crippen molar-refractivity contribution in [3.63, 3.8) is 0 Å². The monoisotopic (exact) mass is 294 g/mol. The SMILES string of the molecule is CC(C)C(c1cccs1)N1CCC(CNC(C)(C)C)C1. The number of hydrogen-bond acceptors (Lipinski definition) is 3. The number of thiophene rings is 1. The van der Waals surface area contributed by atoms with Crippen molar-refractivity contribution in [2.45, 2.75) is 52.6 Å². The minimum atomic E-state index is 0.235. The quantitative estimate of drug-likeness (QED) is 0.877. The Kier molecular flexibility index (Phi) is 5.27. The second-order valence-electron chi connectivity index (χ2n) is 7.48. The number of hydrogen-bond donors (Lipinski definition) is 1. The molecule has 2 atom stereocenters. The maximum atomic E-state index is 3.66. The normalized spacial score (nSPS) is 22.6. The van der Waals surface area contributed by atoms with Crippen LogP contribution >= 0.6 is 11.3 Å². The topological polar surface area (TPSA) is 15.3 Å². The van der Waals surface area contributed by atoms with Gasteiger partial charge in [-0.25, -0.2) is 0 Å². The summed E-state index contributed by atoms with van der Waals surface area (Å²) in [7, 11) is 0. The van der Waals surface area contributed by atoms with Gasteiger partial charge in [-0.1, -0.05) is 19.9 Å². The van der Waals surface area contributed by atoms with E-state index < -0.39 is 0 Å². The third-order valence-electron chi connectivity index (χ3n) is 4.10. The summed E-state index contributed by atoms with van der Waals surface area (Å²) in [6.45, 7) is 15.1. The zero-order chi connectivity index (χ0) is 14.8. The summed E-state index contributed by atoms with van der Waals surface area (Å²) < 4.78 is 0. The van der Waals surface area contributed by atoms with Crippen LogP contribution in [0.25, 0.3) is 0 Å². The Labute approximate surface area is 128 Å². The Hall–Kier alpha value is -0.380. The fourth-order valence-corrected chi connectivity index (χ4v) is 4.15. The molecule has 1 saturated heterocycles. The molecular formula is C17H30N2S. The lowest BCUT2D eigenvalue weighted by Gasteiger charge is -2.31. The fraction of sp³-hybridized carbons (Fsp3) is 0.765. The molecule has 1 aliphatic heterocycles. The van der Waals surface area contributed by atoms with Crippen LogP contribution < -0.4 is 5.32 Å². The molecule has 2 rings (SSSR count). The Balaban J connectivity index is 1.93. The van der Waals surface area contributed by atoms with Crippen LogP contribution in [0.1, 0.15) is 52.0 Å². The van der Waals surface area contributed by atoms with Crippen molar-refractivity contribution in [3.05, 3.63) is 22.4 Å².